The van der Waals surface area contributed by atoms with Gasteiger partial charge in [-0.1, -0.05) is 32.9 Å². The molecule has 0 heterocycles. The first-order valence-corrected chi connectivity index (χ1v) is 9.61. The summed E-state index contributed by atoms with van der Waals surface area (Å²) in [7, 11) is -0.389. The molecule has 0 amide bonds. The molecular formula is C14H26O4Si. The lowest BCUT2D eigenvalue weighted by molar-refractivity contribution is -0.147. The lowest BCUT2D eigenvalue weighted by Gasteiger charge is -2.38. The van der Waals surface area contributed by atoms with Crippen molar-refractivity contribution >= 4 is 14.3 Å². The molecule has 0 saturated carbocycles. The molecule has 1 aliphatic carbocycles. The first-order chi connectivity index (χ1) is 8.65. The predicted octanol–water partition coefficient (Wildman–Crippen LogP) is 2.89. The van der Waals surface area contributed by atoms with Gasteiger partial charge in [0.2, 0.25) is 0 Å². The second kappa shape index (κ2) is 6.20. The van der Waals surface area contributed by atoms with Crippen LogP contribution in [0.3, 0.4) is 0 Å². The summed E-state index contributed by atoms with van der Waals surface area (Å²) in [6, 6.07) is 0. The molecule has 19 heavy (non-hydrogen) atoms. The molecule has 2 atom stereocenters. The van der Waals surface area contributed by atoms with Crippen molar-refractivity contribution in [3.05, 3.63) is 12.2 Å². The van der Waals surface area contributed by atoms with E-state index < -0.39 is 8.32 Å². The van der Waals surface area contributed by atoms with E-state index in [1.807, 2.05) is 12.2 Å². The highest BCUT2D eigenvalue weighted by Gasteiger charge is 2.39. The standard InChI is InChI=1S/C14H26O4Si/c1-14(2,3)19(5,6)18-12-8-7-11(9-12)17-10-13(15)16-4/h7-8,11-12H,9-10H2,1-6H3/t11-,12+/m0/s1. The highest BCUT2D eigenvalue weighted by atomic mass is 28.4. The molecule has 0 N–H and O–H groups in total. The second-order valence-corrected chi connectivity index (χ2v) is 11.2. The number of esters is 1. The topological polar surface area (TPSA) is 44.8 Å². The van der Waals surface area contributed by atoms with Crippen LogP contribution in [-0.4, -0.2) is 40.2 Å². The van der Waals surface area contributed by atoms with Crippen molar-refractivity contribution in [2.45, 2.75) is 57.5 Å². The number of carbonyl (C=O) groups is 1. The number of hydrogen-bond acceptors (Lipinski definition) is 4. The van der Waals surface area contributed by atoms with Gasteiger partial charge in [-0.15, -0.1) is 0 Å². The van der Waals surface area contributed by atoms with Gasteiger partial charge >= 0.3 is 5.97 Å². The monoisotopic (exact) mass is 286 g/mol. The van der Waals surface area contributed by atoms with Crippen LogP contribution in [0.4, 0.5) is 0 Å². The van der Waals surface area contributed by atoms with Crippen LogP contribution >= 0.6 is 0 Å². The van der Waals surface area contributed by atoms with E-state index in [-0.39, 0.29) is 29.8 Å². The summed E-state index contributed by atoms with van der Waals surface area (Å²) >= 11 is 0. The number of hydrogen-bond donors (Lipinski definition) is 0. The maximum absolute atomic E-state index is 11.0. The minimum atomic E-state index is -1.75. The highest BCUT2D eigenvalue weighted by molar-refractivity contribution is 6.74. The summed E-state index contributed by atoms with van der Waals surface area (Å²) in [5.41, 5.74) is 0. The molecule has 1 rings (SSSR count). The van der Waals surface area contributed by atoms with Gasteiger partial charge in [-0.25, -0.2) is 4.79 Å². The van der Waals surface area contributed by atoms with Crippen LogP contribution in [0.25, 0.3) is 0 Å². The minimum Gasteiger partial charge on any atom is -0.467 e. The molecule has 4 nitrogen and oxygen atoms in total. The zero-order chi connectivity index (χ0) is 14.7. The van der Waals surface area contributed by atoms with Gasteiger partial charge in [0.05, 0.1) is 19.3 Å². The molecule has 1 aliphatic rings. The van der Waals surface area contributed by atoms with E-state index in [0.29, 0.717) is 0 Å². The van der Waals surface area contributed by atoms with E-state index in [9.17, 15) is 4.79 Å². The molecule has 110 valence electrons. The largest absolute Gasteiger partial charge is 0.467 e. The second-order valence-electron chi connectivity index (χ2n) is 6.46. The van der Waals surface area contributed by atoms with Crippen molar-refractivity contribution in [3.63, 3.8) is 0 Å². The van der Waals surface area contributed by atoms with Gasteiger partial charge in [-0.2, -0.15) is 0 Å². The lowest BCUT2D eigenvalue weighted by Crippen LogP contribution is -2.43. The van der Waals surface area contributed by atoms with Crippen molar-refractivity contribution < 1.29 is 18.7 Å². The average molecular weight is 286 g/mol. The van der Waals surface area contributed by atoms with Gasteiger partial charge in [0, 0.05) is 6.42 Å². The highest BCUT2D eigenvalue weighted by Crippen LogP contribution is 2.38. The molecule has 0 aliphatic heterocycles. The van der Waals surface area contributed by atoms with Crippen LogP contribution in [-0.2, 0) is 18.7 Å². The van der Waals surface area contributed by atoms with Crippen molar-refractivity contribution in [2.75, 3.05) is 13.7 Å². The maximum atomic E-state index is 11.0. The summed E-state index contributed by atoms with van der Waals surface area (Å²) in [5.74, 6) is -0.345. The quantitative estimate of drug-likeness (QED) is 0.443. The molecule has 5 heteroatoms. The Bertz CT molecular complexity index is 344. The van der Waals surface area contributed by atoms with Crippen molar-refractivity contribution in [3.8, 4) is 0 Å². The molecule has 0 aromatic rings. The Morgan fingerprint density at radius 1 is 1.26 bits per heavy atom. The van der Waals surface area contributed by atoms with Crippen LogP contribution in [0.1, 0.15) is 27.2 Å². The predicted molar refractivity (Wildman–Crippen MR) is 77.6 cm³/mol. The van der Waals surface area contributed by atoms with Gasteiger partial charge in [0.15, 0.2) is 8.32 Å². The van der Waals surface area contributed by atoms with E-state index in [0.717, 1.165) is 6.42 Å². The van der Waals surface area contributed by atoms with Crippen molar-refractivity contribution in [1.29, 1.82) is 0 Å². The number of methoxy groups -OCH3 is 1. The number of carbonyl (C=O) groups excluding carboxylic acids is 1. The molecule has 0 saturated heterocycles. The molecule has 0 radical (unpaired) electrons. The summed E-state index contributed by atoms with van der Waals surface area (Å²) in [6.07, 6.45) is 4.85. The molecule has 0 aromatic heterocycles. The Morgan fingerprint density at radius 2 is 1.84 bits per heavy atom. The molecule has 0 unspecified atom stereocenters. The SMILES string of the molecule is COC(=O)CO[C@H]1C=C[C@@H](O[Si](C)(C)C(C)(C)C)C1. The normalized spacial score (nSPS) is 23.7. The summed E-state index contributed by atoms with van der Waals surface area (Å²) < 4.78 is 16.3. The summed E-state index contributed by atoms with van der Waals surface area (Å²) in [5, 5.41) is 0.200. The van der Waals surface area contributed by atoms with E-state index in [4.69, 9.17) is 9.16 Å². The molecule has 0 spiro atoms. The van der Waals surface area contributed by atoms with E-state index in [1.165, 1.54) is 7.11 Å². The fourth-order valence-corrected chi connectivity index (χ4v) is 2.92. The van der Waals surface area contributed by atoms with Crippen LogP contribution in [0, 0.1) is 0 Å². The van der Waals surface area contributed by atoms with Crippen LogP contribution in [0.5, 0.6) is 0 Å². The van der Waals surface area contributed by atoms with Crippen molar-refractivity contribution in [2.24, 2.45) is 0 Å². The minimum absolute atomic E-state index is 0.00167. The smallest absolute Gasteiger partial charge is 0.331 e. The molecule has 0 aromatic carbocycles. The van der Waals surface area contributed by atoms with Gasteiger partial charge in [0.1, 0.15) is 6.61 Å². The first kappa shape index (κ1) is 16.4. The van der Waals surface area contributed by atoms with E-state index in [2.05, 4.69) is 38.6 Å². The zero-order valence-corrected chi connectivity index (χ0v) is 13.9. The Kier molecular flexibility index (Phi) is 5.35. The maximum Gasteiger partial charge on any atom is 0.331 e. The average Bonchev–Trinajstić information content (AvgIpc) is 2.71. The van der Waals surface area contributed by atoms with E-state index in [1.54, 1.807) is 0 Å². The molecule has 0 fully saturated rings. The fraction of sp³-hybridized carbons (Fsp3) is 0.786. The Hall–Kier alpha value is -0.653. The lowest BCUT2D eigenvalue weighted by atomic mass is 10.2. The summed E-state index contributed by atoms with van der Waals surface area (Å²) in [6.45, 7) is 11.2. The summed E-state index contributed by atoms with van der Waals surface area (Å²) in [4.78, 5) is 11.0. The Labute approximate surface area is 117 Å². The van der Waals surface area contributed by atoms with E-state index >= 15 is 0 Å². The number of rotatable bonds is 5. The van der Waals surface area contributed by atoms with Crippen molar-refractivity contribution in [1.82, 2.24) is 0 Å². The molecular weight excluding hydrogens is 260 g/mol. The van der Waals surface area contributed by atoms with Gasteiger partial charge < -0.3 is 13.9 Å². The van der Waals surface area contributed by atoms with Gasteiger partial charge in [-0.3, -0.25) is 0 Å². The third-order valence-electron chi connectivity index (χ3n) is 3.90. The van der Waals surface area contributed by atoms with Crippen LogP contribution < -0.4 is 0 Å². The third-order valence-corrected chi connectivity index (χ3v) is 8.40. The first-order valence-electron chi connectivity index (χ1n) is 6.70. The Morgan fingerprint density at radius 3 is 2.37 bits per heavy atom. The third kappa shape index (κ3) is 4.74. The number of ether oxygens (including phenoxy) is 2. The Balaban J connectivity index is 2.42. The van der Waals surface area contributed by atoms with Gasteiger partial charge in [0.25, 0.3) is 0 Å². The molecule has 0 bridgehead atoms. The fourth-order valence-electron chi connectivity index (χ4n) is 1.63. The van der Waals surface area contributed by atoms with Crippen LogP contribution in [0.2, 0.25) is 18.1 Å². The van der Waals surface area contributed by atoms with Crippen LogP contribution in [0.15, 0.2) is 12.2 Å². The zero-order valence-electron chi connectivity index (χ0n) is 12.9. The van der Waals surface area contributed by atoms with Gasteiger partial charge in [-0.05, 0) is 18.1 Å².